The summed E-state index contributed by atoms with van der Waals surface area (Å²) in [6, 6.07) is 21.4. The van der Waals surface area contributed by atoms with Crippen LogP contribution < -0.4 is 4.74 Å². The van der Waals surface area contributed by atoms with Crippen LogP contribution in [0.4, 0.5) is 0 Å². The van der Waals surface area contributed by atoms with Crippen LogP contribution in [0.5, 0.6) is 5.75 Å². The Morgan fingerprint density at radius 2 is 1.86 bits per heavy atom. The lowest BCUT2D eigenvalue weighted by atomic mass is 9.95. The Kier molecular flexibility index (Phi) is 6.17. The van der Waals surface area contributed by atoms with E-state index in [4.69, 9.17) is 4.74 Å². The van der Waals surface area contributed by atoms with Crippen molar-refractivity contribution >= 4 is 44.3 Å². The Labute approximate surface area is 211 Å². The summed E-state index contributed by atoms with van der Waals surface area (Å²) in [6.45, 7) is 0.303. The van der Waals surface area contributed by atoms with Crippen LogP contribution in [0.15, 0.2) is 89.0 Å². The van der Waals surface area contributed by atoms with E-state index in [1.54, 1.807) is 36.3 Å². The van der Waals surface area contributed by atoms with E-state index in [0.29, 0.717) is 18.5 Å². The number of Topliss-reactive ketones (excluding diaryl/α,β-unsaturated/α-hetero) is 1. The van der Waals surface area contributed by atoms with Crippen molar-refractivity contribution in [2.24, 2.45) is 0 Å². The van der Waals surface area contributed by atoms with Gasteiger partial charge in [0.1, 0.15) is 11.5 Å². The molecule has 35 heavy (non-hydrogen) atoms. The third kappa shape index (κ3) is 4.23. The minimum Gasteiger partial charge on any atom is -0.507 e. The summed E-state index contributed by atoms with van der Waals surface area (Å²) in [5.41, 5.74) is 3.32. The van der Waals surface area contributed by atoms with Crippen LogP contribution in [0.25, 0.3) is 16.7 Å². The van der Waals surface area contributed by atoms with Gasteiger partial charge in [0.15, 0.2) is 0 Å². The number of halogens is 1. The number of amides is 1. The van der Waals surface area contributed by atoms with Gasteiger partial charge in [-0.15, -0.1) is 0 Å². The van der Waals surface area contributed by atoms with Crippen LogP contribution in [0.2, 0.25) is 0 Å². The Balaban J connectivity index is 1.55. The predicted octanol–water partition coefficient (Wildman–Crippen LogP) is 5.60. The number of nitrogens with one attached hydrogen (secondary N) is 1. The first-order chi connectivity index (χ1) is 17.0. The smallest absolute Gasteiger partial charge is 0.295 e. The lowest BCUT2D eigenvalue weighted by Gasteiger charge is -2.25. The van der Waals surface area contributed by atoms with Crippen LogP contribution in [-0.4, -0.2) is 40.3 Å². The predicted molar refractivity (Wildman–Crippen MR) is 138 cm³/mol. The molecular formula is C28H23BrN2O4. The van der Waals surface area contributed by atoms with E-state index in [9.17, 15) is 14.7 Å². The first kappa shape index (κ1) is 22.9. The molecule has 1 saturated heterocycles. The molecule has 6 nitrogen and oxygen atoms in total. The molecule has 7 heteroatoms. The average molecular weight is 531 g/mol. The molecule has 1 atom stereocenters. The van der Waals surface area contributed by atoms with E-state index in [1.807, 2.05) is 54.7 Å². The number of carbonyl (C=O) groups is 2. The van der Waals surface area contributed by atoms with Gasteiger partial charge in [-0.2, -0.15) is 0 Å². The molecule has 0 aliphatic carbocycles. The Morgan fingerprint density at radius 1 is 1.06 bits per heavy atom. The maximum absolute atomic E-state index is 13.2. The summed E-state index contributed by atoms with van der Waals surface area (Å²) in [5.74, 6) is -0.731. The summed E-state index contributed by atoms with van der Waals surface area (Å²) in [5, 5.41) is 12.1. The standard InChI is InChI=1S/C28H23BrN2O4/c1-35-21-10-11-23-22(15-21)19(16-30-23)12-13-31-25(18-8-5-9-20(29)14-18)24(27(33)28(31)34)26(32)17-6-3-2-4-7-17/h2-11,14-16,25,30,32H,12-13H2,1H3/t25-/m1/s1. The first-order valence-corrected chi connectivity index (χ1v) is 12.0. The van der Waals surface area contributed by atoms with Gasteiger partial charge in [-0.3, -0.25) is 9.59 Å². The van der Waals surface area contributed by atoms with Crippen molar-refractivity contribution < 1.29 is 19.4 Å². The Morgan fingerprint density at radius 3 is 2.60 bits per heavy atom. The van der Waals surface area contributed by atoms with E-state index in [1.165, 1.54) is 0 Å². The van der Waals surface area contributed by atoms with Gasteiger partial charge >= 0.3 is 0 Å². The summed E-state index contributed by atoms with van der Waals surface area (Å²) in [7, 11) is 1.62. The second-order valence-electron chi connectivity index (χ2n) is 8.39. The molecule has 176 valence electrons. The molecule has 0 spiro atoms. The number of rotatable bonds is 6. The molecule has 2 N–H and O–H groups in total. The molecular weight excluding hydrogens is 508 g/mol. The summed E-state index contributed by atoms with van der Waals surface area (Å²) in [4.78, 5) is 31.3. The van der Waals surface area contributed by atoms with Crippen molar-refractivity contribution in [1.29, 1.82) is 0 Å². The fraction of sp³-hybridized carbons (Fsp3) is 0.143. The highest BCUT2D eigenvalue weighted by Crippen LogP contribution is 2.40. The lowest BCUT2D eigenvalue weighted by Crippen LogP contribution is -2.31. The number of carbonyl (C=O) groups excluding carboxylic acids is 2. The van der Waals surface area contributed by atoms with Gasteiger partial charge in [-0.1, -0.05) is 58.4 Å². The molecule has 0 unspecified atom stereocenters. The van der Waals surface area contributed by atoms with Crippen LogP contribution in [0, 0.1) is 0 Å². The van der Waals surface area contributed by atoms with Gasteiger partial charge < -0.3 is 19.7 Å². The minimum absolute atomic E-state index is 0.0971. The molecule has 1 aliphatic rings. The normalized spacial score (nSPS) is 17.3. The number of fused-ring (bicyclic) bond motifs is 1. The van der Waals surface area contributed by atoms with Gasteiger partial charge in [-0.05, 0) is 47.9 Å². The minimum atomic E-state index is -0.701. The number of hydrogen-bond donors (Lipinski definition) is 2. The molecule has 0 saturated carbocycles. The number of ketones is 1. The second kappa shape index (κ2) is 9.43. The fourth-order valence-corrected chi connectivity index (χ4v) is 5.03. The van der Waals surface area contributed by atoms with Gasteiger partial charge in [0.25, 0.3) is 11.7 Å². The van der Waals surface area contributed by atoms with Crippen molar-refractivity contribution in [2.45, 2.75) is 12.5 Å². The maximum Gasteiger partial charge on any atom is 0.295 e. The van der Waals surface area contributed by atoms with Gasteiger partial charge in [0.2, 0.25) is 0 Å². The molecule has 1 aromatic heterocycles. The van der Waals surface area contributed by atoms with Crippen molar-refractivity contribution in [3.05, 3.63) is 106 Å². The molecule has 3 aromatic carbocycles. The van der Waals surface area contributed by atoms with E-state index in [2.05, 4.69) is 20.9 Å². The third-order valence-electron chi connectivity index (χ3n) is 6.35. The number of aromatic amines is 1. The Bertz CT molecular complexity index is 1460. The number of ether oxygens (including phenoxy) is 1. The number of aliphatic hydroxyl groups is 1. The van der Waals surface area contributed by atoms with Crippen LogP contribution in [0.1, 0.15) is 22.7 Å². The monoisotopic (exact) mass is 530 g/mol. The highest BCUT2D eigenvalue weighted by Gasteiger charge is 2.45. The Hall–Kier alpha value is -3.84. The second-order valence-corrected chi connectivity index (χ2v) is 9.30. The zero-order chi connectivity index (χ0) is 24.5. The average Bonchev–Trinajstić information content (AvgIpc) is 3.40. The molecule has 2 heterocycles. The zero-order valence-electron chi connectivity index (χ0n) is 19.0. The number of hydrogen-bond acceptors (Lipinski definition) is 4. The largest absolute Gasteiger partial charge is 0.507 e. The highest BCUT2D eigenvalue weighted by atomic mass is 79.9. The molecule has 1 amide bonds. The first-order valence-electron chi connectivity index (χ1n) is 11.2. The van der Waals surface area contributed by atoms with E-state index in [-0.39, 0.29) is 11.3 Å². The molecule has 0 bridgehead atoms. The summed E-state index contributed by atoms with van der Waals surface area (Å²) in [6.07, 6.45) is 2.44. The van der Waals surface area contributed by atoms with Crippen LogP contribution >= 0.6 is 15.9 Å². The summed E-state index contributed by atoms with van der Waals surface area (Å²) < 4.78 is 6.19. The quantitative estimate of drug-likeness (QED) is 0.193. The number of methoxy groups -OCH3 is 1. The molecule has 5 rings (SSSR count). The van der Waals surface area contributed by atoms with Crippen molar-refractivity contribution in [1.82, 2.24) is 9.88 Å². The van der Waals surface area contributed by atoms with Crippen molar-refractivity contribution in [3.8, 4) is 5.75 Å². The van der Waals surface area contributed by atoms with Crippen LogP contribution in [-0.2, 0) is 16.0 Å². The number of nitrogens with zero attached hydrogens (tertiary/aromatic N) is 1. The van der Waals surface area contributed by atoms with E-state index in [0.717, 1.165) is 32.3 Å². The lowest BCUT2D eigenvalue weighted by molar-refractivity contribution is -0.139. The molecule has 1 aliphatic heterocycles. The van der Waals surface area contributed by atoms with Crippen LogP contribution in [0.3, 0.4) is 0 Å². The topological polar surface area (TPSA) is 82.6 Å². The number of aromatic nitrogens is 1. The van der Waals surface area contributed by atoms with E-state index >= 15 is 0 Å². The number of benzene rings is 3. The third-order valence-corrected chi connectivity index (χ3v) is 6.84. The van der Waals surface area contributed by atoms with Gasteiger partial charge in [0.05, 0.1) is 18.7 Å². The highest BCUT2D eigenvalue weighted by molar-refractivity contribution is 9.10. The van der Waals surface area contributed by atoms with Gasteiger partial charge in [0, 0.05) is 33.7 Å². The molecule has 0 radical (unpaired) electrons. The zero-order valence-corrected chi connectivity index (χ0v) is 20.6. The molecule has 4 aromatic rings. The van der Waals surface area contributed by atoms with Crippen molar-refractivity contribution in [2.75, 3.05) is 13.7 Å². The fourth-order valence-electron chi connectivity index (χ4n) is 4.62. The SMILES string of the molecule is COc1ccc2[nH]cc(CCN3C(=O)C(=O)C(=C(O)c4ccccc4)[C@H]3c3cccc(Br)c3)c2c1. The van der Waals surface area contributed by atoms with Gasteiger partial charge in [-0.25, -0.2) is 0 Å². The summed E-state index contributed by atoms with van der Waals surface area (Å²) >= 11 is 3.49. The maximum atomic E-state index is 13.2. The molecule has 1 fully saturated rings. The number of H-pyrrole nitrogens is 1. The van der Waals surface area contributed by atoms with Crippen molar-refractivity contribution in [3.63, 3.8) is 0 Å². The van der Waals surface area contributed by atoms with E-state index < -0.39 is 17.7 Å². The number of aliphatic hydroxyl groups excluding tert-OH is 1. The number of likely N-dealkylation sites (tertiary alicyclic amines) is 1.